The number of nitrogen functional groups attached to an aromatic ring is 1. The third-order valence-corrected chi connectivity index (χ3v) is 5.54. The van der Waals surface area contributed by atoms with Crippen LogP contribution >= 0.6 is 0 Å². The van der Waals surface area contributed by atoms with Crippen LogP contribution < -0.4 is 11.1 Å². The Bertz CT molecular complexity index is 972. The van der Waals surface area contributed by atoms with Gasteiger partial charge < -0.3 is 11.1 Å². The van der Waals surface area contributed by atoms with E-state index in [1.165, 1.54) is 37.1 Å². The van der Waals surface area contributed by atoms with Crippen molar-refractivity contribution in [3.05, 3.63) is 71.6 Å². The monoisotopic (exact) mass is 409 g/mol. The van der Waals surface area contributed by atoms with Crippen LogP contribution in [0.15, 0.2) is 48.5 Å². The maximum Gasteiger partial charge on any atom is 0.232 e. The van der Waals surface area contributed by atoms with Gasteiger partial charge in [0.25, 0.3) is 0 Å². The van der Waals surface area contributed by atoms with E-state index in [1.807, 2.05) is 12.1 Å². The van der Waals surface area contributed by atoms with Crippen LogP contribution in [0.5, 0.6) is 0 Å². The van der Waals surface area contributed by atoms with Crippen molar-refractivity contribution < 1.29 is 8.78 Å². The van der Waals surface area contributed by atoms with Crippen LogP contribution in [0.4, 0.5) is 26.4 Å². The highest BCUT2D eigenvalue weighted by Crippen LogP contribution is 2.41. The lowest BCUT2D eigenvalue weighted by molar-refractivity contribution is 0.395. The molecule has 0 amide bonds. The molecule has 1 atom stereocenters. The second kappa shape index (κ2) is 9.15. The van der Waals surface area contributed by atoms with E-state index in [0.29, 0.717) is 23.4 Å². The Labute approximate surface area is 174 Å². The molecule has 0 aliphatic heterocycles. The summed E-state index contributed by atoms with van der Waals surface area (Å²) in [7, 11) is 0. The Balaban J connectivity index is 1.36. The third-order valence-electron chi connectivity index (χ3n) is 5.54. The zero-order valence-corrected chi connectivity index (χ0v) is 16.7. The molecule has 7 heteroatoms. The molecule has 1 aliphatic carbocycles. The largest absolute Gasteiger partial charge is 0.368 e. The summed E-state index contributed by atoms with van der Waals surface area (Å²) in [6.07, 6.45) is 6.24. The van der Waals surface area contributed by atoms with E-state index in [9.17, 15) is 8.78 Å². The SMILES string of the molecule is Nc1nc(CCC(CCc2ccc(F)cc2)C2CC2)nc(Nc2ccc(F)cc2)n1. The topological polar surface area (TPSA) is 76.7 Å². The Morgan fingerprint density at radius 1 is 0.867 bits per heavy atom. The molecule has 1 aliphatic rings. The second-order valence-electron chi connectivity index (χ2n) is 7.87. The second-order valence-corrected chi connectivity index (χ2v) is 7.87. The molecule has 5 nitrogen and oxygen atoms in total. The minimum atomic E-state index is -0.303. The molecule has 156 valence electrons. The van der Waals surface area contributed by atoms with Gasteiger partial charge in [-0.3, -0.25) is 0 Å². The summed E-state index contributed by atoms with van der Waals surface area (Å²) in [4.78, 5) is 12.9. The Morgan fingerprint density at radius 3 is 2.17 bits per heavy atom. The maximum absolute atomic E-state index is 13.1. The van der Waals surface area contributed by atoms with Crippen molar-refractivity contribution in [3.63, 3.8) is 0 Å². The van der Waals surface area contributed by atoms with Gasteiger partial charge in [0, 0.05) is 12.1 Å². The Morgan fingerprint density at radius 2 is 1.50 bits per heavy atom. The normalized spacial score (nSPS) is 14.5. The molecular formula is C23H25F2N5. The molecule has 2 aromatic carbocycles. The van der Waals surface area contributed by atoms with Crippen molar-refractivity contribution in [2.45, 2.75) is 38.5 Å². The van der Waals surface area contributed by atoms with Crippen molar-refractivity contribution in [2.75, 3.05) is 11.1 Å². The number of nitrogens with zero attached hydrogens (tertiary/aromatic N) is 3. The Hall–Kier alpha value is -3.09. The van der Waals surface area contributed by atoms with E-state index in [0.717, 1.165) is 37.2 Å². The van der Waals surface area contributed by atoms with Crippen LogP contribution in [-0.2, 0) is 12.8 Å². The predicted molar refractivity (Wildman–Crippen MR) is 113 cm³/mol. The zero-order valence-electron chi connectivity index (χ0n) is 16.7. The number of aryl methyl sites for hydroxylation is 2. The summed E-state index contributed by atoms with van der Waals surface area (Å²) in [5, 5.41) is 3.05. The third kappa shape index (κ3) is 5.72. The fourth-order valence-electron chi connectivity index (χ4n) is 3.77. The first-order chi connectivity index (χ1) is 14.5. The number of anilines is 3. The lowest BCUT2D eigenvalue weighted by Crippen LogP contribution is -2.11. The van der Waals surface area contributed by atoms with E-state index in [-0.39, 0.29) is 17.6 Å². The first-order valence-electron chi connectivity index (χ1n) is 10.3. The molecule has 0 spiro atoms. The van der Waals surface area contributed by atoms with Gasteiger partial charge in [-0.25, -0.2) is 8.78 Å². The molecular weight excluding hydrogens is 384 g/mol. The number of nitrogens with one attached hydrogen (secondary N) is 1. The maximum atomic E-state index is 13.1. The quantitative estimate of drug-likeness (QED) is 0.516. The van der Waals surface area contributed by atoms with Gasteiger partial charge in [0.1, 0.15) is 17.5 Å². The number of halogens is 2. The molecule has 0 saturated heterocycles. The van der Waals surface area contributed by atoms with E-state index in [4.69, 9.17) is 5.73 Å². The lowest BCUT2D eigenvalue weighted by atomic mass is 9.91. The van der Waals surface area contributed by atoms with Crippen LogP contribution in [0.25, 0.3) is 0 Å². The molecule has 0 radical (unpaired) electrons. The van der Waals surface area contributed by atoms with Crippen LogP contribution in [0, 0.1) is 23.5 Å². The van der Waals surface area contributed by atoms with Crippen molar-refractivity contribution in [1.82, 2.24) is 15.0 Å². The summed E-state index contributed by atoms with van der Waals surface area (Å²) in [6, 6.07) is 12.7. The highest BCUT2D eigenvalue weighted by molar-refractivity contribution is 5.53. The van der Waals surface area contributed by atoms with Crippen LogP contribution in [0.2, 0.25) is 0 Å². The van der Waals surface area contributed by atoms with Gasteiger partial charge in [-0.2, -0.15) is 15.0 Å². The van der Waals surface area contributed by atoms with Crippen molar-refractivity contribution in [2.24, 2.45) is 11.8 Å². The fourth-order valence-corrected chi connectivity index (χ4v) is 3.77. The first kappa shape index (κ1) is 20.2. The Kier molecular flexibility index (Phi) is 6.16. The average Bonchev–Trinajstić information content (AvgIpc) is 3.56. The number of hydrogen-bond donors (Lipinski definition) is 2. The van der Waals surface area contributed by atoms with Gasteiger partial charge >= 0.3 is 0 Å². The van der Waals surface area contributed by atoms with Crippen LogP contribution in [-0.4, -0.2) is 15.0 Å². The van der Waals surface area contributed by atoms with Crippen LogP contribution in [0.3, 0.4) is 0 Å². The minimum Gasteiger partial charge on any atom is -0.368 e. The van der Waals surface area contributed by atoms with E-state index < -0.39 is 0 Å². The summed E-state index contributed by atoms with van der Waals surface area (Å²) in [5.41, 5.74) is 7.72. The van der Waals surface area contributed by atoms with Gasteiger partial charge in [0.15, 0.2) is 0 Å². The van der Waals surface area contributed by atoms with Crippen molar-refractivity contribution >= 4 is 17.6 Å². The van der Waals surface area contributed by atoms with Gasteiger partial charge in [-0.05, 0) is 85.9 Å². The summed E-state index contributed by atoms with van der Waals surface area (Å²) in [5.74, 6) is 2.01. The number of rotatable bonds is 9. The van der Waals surface area contributed by atoms with E-state index in [2.05, 4.69) is 20.3 Å². The molecule has 1 saturated carbocycles. The van der Waals surface area contributed by atoms with Crippen molar-refractivity contribution in [3.8, 4) is 0 Å². The molecule has 3 aromatic rings. The van der Waals surface area contributed by atoms with Gasteiger partial charge in [-0.1, -0.05) is 12.1 Å². The number of hydrogen-bond acceptors (Lipinski definition) is 5. The lowest BCUT2D eigenvalue weighted by Gasteiger charge is -2.16. The molecule has 1 heterocycles. The molecule has 4 rings (SSSR count). The molecule has 0 bridgehead atoms. The molecule has 30 heavy (non-hydrogen) atoms. The van der Waals surface area contributed by atoms with Gasteiger partial charge in [-0.15, -0.1) is 0 Å². The van der Waals surface area contributed by atoms with Gasteiger partial charge in [0.2, 0.25) is 11.9 Å². The van der Waals surface area contributed by atoms with Crippen molar-refractivity contribution in [1.29, 1.82) is 0 Å². The van der Waals surface area contributed by atoms with E-state index in [1.54, 1.807) is 12.1 Å². The molecule has 1 aromatic heterocycles. The minimum absolute atomic E-state index is 0.166. The van der Waals surface area contributed by atoms with Crippen LogP contribution in [0.1, 0.15) is 37.1 Å². The van der Waals surface area contributed by atoms with Gasteiger partial charge in [0.05, 0.1) is 0 Å². The highest BCUT2D eigenvalue weighted by atomic mass is 19.1. The number of nitrogens with two attached hydrogens (primary N) is 1. The predicted octanol–water partition coefficient (Wildman–Crippen LogP) is 5.07. The molecule has 1 unspecified atom stereocenters. The standard InChI is InChI=1S/C23H25F2N5/c24-18-8-2-15(3-9-18)1-4-16(17-5-6-17)7-14-21-28-22(26)30-23(29-21)27-20-12-10-19(25)11-13-20/h2-3,8-13,16-17H,1,4-7,14H2,(H3,26,27,28,29,30). The molecule has 1 fully saturated rings. The zero-order chi connectivity index (χ0) is 20.9. The summed E-state index contributed by atoms with van der Waals surface area (Å²) in [6.45, 7) is 0. The number of benzene rings is 2. The highest BCUT2D eigenvalue weighted by Gasteiger charge is 2.30. The summed E-state index contributed by atoms with van der Waals surface area (Å²) >= 11 is 0. The fraction of sp³-hybridized carbons (Fsp3) is 0.348. The van der Waals surface area contributed by atoms with E-state index >= 15 is 0 Å². The average molecular weight is 409 g/mol. The molecule has 3 N–H and O–H groups in total. The summed E-state index contributed by atoms with van der Waals surface area (Å²) < 4.78 is 26.2. The number of aromatic nitrogens is 3. The first-order valence-corrected chi connectivity index (χ1v) is 10.3. The smallest absolute Gasteiger partial charge is 0.232 e.